The van der Waals surface area contributed by atoms with Crippen molar-refractivity contribution >= 4 is 14.5 Å². The van der Waals surface area contributed by atoms with E-state index in [1.807, 2.05) is 111 Å². The Balaban J connectivity index is 0.942. The van der Waals surface area contributed by atoms with Gasteiger partial charge in [0.15, 0.2) is 22.9 Å². The predicted molar refractivity (Wildman–Crippen MR) is 263 cm³/mol. The normalized spacial score (nSPS) is 23.3. The fraction of sp³-hybridized carbons (Fsp3) is 0.224. The third-order valence-corrected chi connectivity index (χ3v) is 14.4. The van der Waals surface area contributed by atoms with E-state index in [9.17, 15) is 0 Å². The molecule has 0 aromatic heterocycles. The minimum atomic E-state index is -2.15. The zero-order chi connectivity index (χ0) is 46.0. The fourth-order valence-electron chi connectivity index (χ4n) is 9.88. The molecule has 4 heterocycles. The summed E-state index contributed by atoms with van der Waals surface area (Å²) in [6, 6.07) is 70.0. The Morgan fingerprint density at radius 3 is 1.47 bits per heavy atom. The molecule has 0 saturated carbocycles. The fourth-order valence-corrected chi connectivity index (χ4v) is 11.4. The molecule has 3 fully saturated rings. The van der Waals surface area contributed by atoms with Gasteiger partial charge in [-0.2, -0.15) is 0 Å². The van der Waals surface area contributed by atoms with E-state index < -0.39 is 37.8 Å². The van der Waals surface area contributed by atoms with Crippen LogP contribution in [0.15, 0.2) is 223 Å². The lowest BCUT2D eigenvalue weighted by molar-refractivity contribution is -0.176. The molecule has 4 atom stereocenters. The Morgan fingerprint density at radius 1 is 0.544 bits per heavy atom. The molecule has 0 unspecified atom stereocenters. The molecular formula is C58H53N2O7P. The maximum absolute atomic E-state index is 7.53. The van der Waals surface area contributed by atoms with E-state index in [0.717, 1.165) is 50.1 Å². The number of fused-ring (bicyclic) bond motifs is 1. The van der Waals surface area contributed by atoms with Crippen LogP contribution >= 0.6 is 8.60 Å². The highest BCUT2D eigenvalue weighted by Gasteiger charge is 2.67. The second-order valence-corrected chi connectivity index (χ2v) is 19.1. The highest BCUT2D eigenvalue weighted by Crippen LogP contribution is 2.65. The monoisotopic (exact) mass is 920 g/mol. The lowest BCUT2D eigenvalue weighted by Gasteiger charge is -2.41. The van der Waals surface area contributed by atoms with Crippen LogP contribution in [0.5, 0.6) is 0 Å². The molecule has 4 aliphatic rings. The molecule has 7 aromatic rings. The topological polar surface area (TPSA) is 89.0 Å². The molecule has 11 rings (SSSR count). The summed E-state index contributed by atoms with van der Waals surface area (Å²) in [4.78, 5) is 5.10. The summed E-state index contributed by atoms with van der Waals surface area (Å²) in [5.74, 6) is 0.286. The van der Waals surface area contributed by atoms with Crippen LogP contribution in [0, 0.1) is 0 Å². The molecule has 4 aliphatic heterocycles. The van der Waals surface area contributed by atoms with E-state index in [4.69, 9.17) is 37.5 Å². The number of nitrogens with one attached hydrogen (secondary N) is 1. The van der Waals surface area contributed by atoms with Crippen molar-refractivity contribution in [1.29, 1.82) is 0 Å². The van der Waals surface area contributed by atoms with Gasteiger partial charge in [-0.15, -0.1) is 0 Å². The van der Waals surface area contributed by atoms with Crippen LogP contribution in [0.4, 0.5) is 0 Å². The van der Waals surface area contributed by atoms with Crippen molar-refractivity contribution in [1.82, 2.24) is 5.32 Å². The maximum Gasteiger partial charge on any atom is 0.335 e. The van der Waals surface area contributed by atoms with Crippen LogP contribution in [-0.4, -0.2) is 37.1 Å². The molecule has 342 valence electrons. The van der Waals surface area contributed by atoms with Crippen molar-refractivity contribution < 1.29 is 32.5 Å². The summed E-state index contributed by atoms with van der Waals surface area (Å²) in [5.41, 5.74) is 6.33. The first kappa shape index (κ1) is 44.1. The molecule has 0 bridgehead atoms. The van der Waals surface area contributed by atoms with Crippen molar-refractivity contribution in [2.45, 2.75) is 68.2 Å². The SMILES string of the molecule is CC1(C)O[C@@H]2[C@@H](O1)C(c1ccccc1)(c1ccccc1)OP(OCc1ccc(C/C(C3=N[C@@H](c4ccccc4)CO3)=C3/N[C@@H](c4ccccc4)CO3)cc1)OC2(c1ccccc1)c1ccccc1. The van der Waals surface area contributed by atoms with Gasteiger partial charge in [0.2, 0.25) is 5.90 Å². The van der Waals surface area contributed by atoms with E-state index in [2.05, 4.69) is 115 Å². The average Bonchev–Trinajstić information content (AvgIpc) is 4.16. The van der Waals surface area contributed by atoms with Crippen LogP contribution < -0.4 is 5.32 Å². The lowest BCUT2D eigenvalue weighted by atomic mass is 9.72. The van der Waals surface area contributed by atoms with Crippen molar-refractivity contribution in [3.8, 4) is 0 Å². The Hall–Kier alpha value is -6.42. The summed E-state index contributed by atoms with van der Waals surface area (Å²) in [6.45, 7) is 5.09. The maximum atomic E-state index is 7.53. The molecule has 10 heteroatoms. The molecule has 0 radical (unpaired) electrons. The molecule has 9 nitrogen and oxygen atoms in total. The van der Waals surface area contributed by atoms with Crippen molar-refractivity contribution in [3.05, 3.63) is 262 Å². The van der Waals surface area contributed by atoms with Crippen molar-refractivity contribution in [2.75, 3.05) is 13.2 Å². The quantitative estimate of drug-likeness (QED) is 0.121. The van der Waals surface area contributed by atoms with Gasteiger partial charge >= 0.3 is 8.60 Å². The summed E-state index contributed by atoms with van der Waals surface area (Å²) in [6.07, 6.45) is -0.852. The highest BCUT2D eigenvalue weighted by molar-refractivity contribution is 7.41. The van der Waals surface area contributed by atoms with Crippen molar-refractivity contribution in [3.63, 3.8) is 0 Å². The smallest absolute Gasteiger partial charge is 0.335 e. The first-order valence-electron chi connectivity index (χ1n) is 23.3. The lowest BCUT2D eigenvalue weighted by Crippen LogP contribution is -2.53. The van der Waals surface area contributed by atoms with Crippen LogP contribution in [0.25, 0.3) is 0 Å². The standard InChI is InChI=1S/C58H53N2O7P/c1-56(2)64-52-53(65-56)58(47-29-17-7-18-30-47,48-31-19-8-20-32-48)67-68(66-57(52,45-25-13-5-14-26-45)46-27-15-6-16-28-46)63-38-42-35-33-41(34-36-42)37-49(54-59-50(39-61-54)43-21-9-3-10-22-43)55-60-51(40-62-55)44-23-11-4-12-24-44/h3-36,50-53,59H,37-40H2,1-2H3/b54-49+/t50-,51-,52-,53-/m1/s1. The Morgan fingerprint density at radius 2 is 0.985 bits per heavy atom. The Labute approximate surface area is 399 Å². The second-order valence-electron chi connectivity index (χ2n) is 18.0. The number of aliphatic imine (C=N–C) groups is 1. The number of nitrogens with zero attached hydrogens (tertiary/aromatic N) is 1. The van der Waals surface area contributed by atoms with Gasteiger partial charge in [0.05, 0.1) is 18.2 Å². The number of hydrogen-bond donors (Lipinski definition) is 1. The zero-order valence-electron chi connectivity index (χ0n) is 38.0. The number of ether oxygens (including phenoxy) is 4. The minimum absolute atomic E-state index is 0.0113. The van der Waals surface area contributed by atoms with Crippen LogP contribution in [0.2, 0.25) is 0 Å². The molecular weight excluding hydrogens is 868 g/mol. The molecule has 0 amide bonds. The van der Waals surface area contributed by atoms with Crippen LogP contribution in [0.1, 0.15) is 70.4 Å². The molecule has 3 saturated heterocycles. The van der Waals surface area contributed by atoms with Gasteiger partial charge in [-0.25, -0.2) is 4.99 Å². The second kappa shape index (κ2) is 18.9. The van der Waals surface area contributed by atoms with E-state index >= 15 is 0 Å². The third-order valence-electron chi connectivity index (χ3n) is 13.2. The van der Waals surface area contributed by atoms with E-state index in [0.29, 0.717) is 31.4 Å². The van der Waals surface area contributed by atoms with E-state index in [1.54, 1.807) is 0 Å². The van der Waals surface area contributed by atoms with Crippen molar-refractivity contribution in [2.24, 2.45) is 4.99 Å². The number of rotatable bonds is 12. The molecule has 0 spiro atoms. The van der Waals surface area contributed by atoms with Gasteiger partial charge in [-0.3, -0.25) is 9.05 Å². The Kier molecular flexibility index (Phi) is 12.3. The largest absolute Gasteiger partial charge is 0.476 e. The van der Waals surface area contributed by atoms with Crippen LogP contribution in [0.3, 0.4) is 0 Å². The van der Waals surface area contributed by atoms with Gasteiger partial charge in [0.25, 0.3) is 0 Å². The van der Waals surface area contributed by atoms with E-state index in [1.165, 1.54) is 0 Å². The highest BCUT2D eigenvalue weighted by atomic mass is 31.2. The summed E-state index contributed by atoms with van der Waals surface area (Å²) in [7, 11) is -2.15. The third kappa shape index (κ3) is 8.56. The molecule has 68 heavy (non-hydrogen) atoms. The Bertz CT molecular complexity index is 2670. The van der Waals surface area contributed by atoms with Crippen LogP contribution in [-0.2, 0) is 56.7 Å². The van der Waals surface area contributed by atoms with Gasteiger partial charge in [0, 0.05) is 6.42 Å². The first-order valence-corrected chi connectivity index (χ1v) is 24.4. The average molecular weight is 921 g/mol. The number of hydrogen-bond acceptors (Lipinski definition) is 9. The summed E-state index contributed by atoms with van der Waals surface area (Å²) in [5, 5.41) is 3.64. The molecule has 0 aliphatic carbocycles. The minimum Gasteiger partial charge on any atom is -0.476 e. The number of benzene rings is 7. The van der Waals surface area contributed by atoms with E-state index in [-0.39, 0.29) is 18.7 Å². The molecule has 7 aromatic carbocycles. The predicted octanol–water partition coefficient (Wildman–Crippen LogP) is 12.2. The summed E-state index contributed by atoms with van der Waals surface area (Å²) >= 11 is 0. The van der Waals surface area contributed by atoms with Gasteiger partial charge in [-0.1, -0.05) is 206 Å². The summed E-state index contributed by atoms with van der Waals surface area (Å²) < 4.78 is 49.1. The first-order chi connectivity index (χ1) is 33.4. The zero-order valence-corrected chi connectivity index (χ0v) is 38.9. The molecule has 1 N–H and O–H groups in total. The van der Waals surface area contributed by atoms with Gasteiger partial charge < -0.3 is 28.8 Å². The van der Waals surface area contributed by atoms with Gasteiger partial charge in [-0.05, 0) is 58.4 Å². The van der Waals surface area contributed by atoms with Gasteiger partial charge in [0.1, 0.15) is 31.5 Å².